The van der Waals surface area contributed by atoms with Gasteiger partial charge in [0.1, 0.15) is 0 Å². The molecular weight excluding hydrogens is 797 g/mol. The van der Waals surface area contributed by atoms with Crippen molar-refractivity contribution < 1.29 is 0 Å². The Bertz CT molecular complexity index is 3480. The van der Waals surface area contributed by atoms with Crippen LogP contribution in [0.4, 0.5) is 17.1 Å². The highest BCUT2D eigenvalue weighted by molar-refractivity contribution is 6.14. The number of aromatic nitrogens is 1. The average molecular weight is 847 g/mol. The number of hydrogen-bond acceptors (Lipinski definition) is 1. The van der Waals surface area contributed by atoms with E-state index in [1.807, 2.05) is 0 Å². The zero-order chi connectivity index (χ0) is 43.8. The highest BCUT2D eigenvalue weighted by Gasteiger charge is 2.24. The van der Waals surface area contributed by atoms with Gasteiger partial charge in [0, 0.05) is 39.0 Å². The number of rotatable bonds is 9. The van der Waals surface area contributed by atoms with Gasteiger partial charge in [0.15, 0.2) is 0 Å². The molecule has 2 nitrogen and oxygen atoms in total. The van der Waals surface area contributed by atoms with E-state index in [1.54, 1.807) is 0 Å². The fraction of sp³-hybridized carbons (Fsp3) is 0.0938. The lowest BCUT2D eigenvalue weighted by atomic mass is 9.80. The molecule has 0 unspecified atom stereocenters. The summed E-state index contributed by atoms with van der Waals surface area (Å²) in [7, 11) is 0. The largest absolute Gasteiger partial charge is 0.310 e. The lowest BCUT2D eigenvalue weighted by molar-refractivity contribution is 0.445. The van der Waals surface area contributed by atoms with Crippen LogP contribution in [0.1, 0.15) is 43.6 Å². The maximum atomic E-state index is 2.48. The van der Waals surface area contributed by atoms with E-state index in [0.29, 0.717) is 5.92 Å². The maximum absolute atomic E-state index is 2.48. The molecule has 316 valence electrons. The van der Waals surface area contributed by atoms with Gasteiger partial charge in [0.25, 0.3) is 0 Å². The van der Waals surface area contributed by atoms with E-state index in [1.165, 1.54) is 115 Å². The van der Waals surface area contributed by atoms with E-state index in [4.69, 9.17) is 0 Å². The standard InChI is InChI=1S/C64H50N2/c1-4-18-45(19-5-1)46-36-38-47(39-37-46)48-40-42-53(43-41-48)65(61-34-12-10-28-57(61)59-32-16-23-50-22-15-30-55(63(50)59)49-20-6-2-7-21-49)54-27-14-24-51(44-54)56-31-17-33-60-58-29-11-13-35-62(58)66(64(56)60)52-25-8-3-9-26-52/h1,3-5,8-19,22-44,49H,2,6-7,20-21H2. The molecule has 0 saturated heterocycles. The summed E-state index contributed by atoms with van der Waals surface area (Å²) in [6.07, 6.45) is 6.45. The summed E-state index contributed by atoms with van der Waals surface area (Å²) in [5.41, 5.74) is 18.1. The van der Waals surface area contributed by atoms with Crippen molar-refractivity contribution in [3.05, 3.63) is 242 Å². The monoisotopic (exact) mass is 846 g/mol. The lowest BCUT2D eigenvalue weighted by Crippen LogP contribution is -2.11. The van der Waals surface area contributed by atoms with Gasteiger partial charge in [-0.25, -0.2) is 0 Å². The van der Waals surface area contributed by atoms with E-state index in [0.717, 1.165) is 22.7 Å². The van der Waals surface area contributed by atoms with Gasteiger partial charge < -0.3 is 9.47 Å². The molecule has 0 atom stereocenters. The highest BCUT2D eigenvalue weighted by atomic mass is 15.1. The maximum Gasteiger partial charge on any atom is 0.0619 e. The minimum Gasteiger partial charge on any atom is -0.310 e. The SMILES string of the molecule is c1ccc(-c2ccc(-c3ccc(N(c4cccc(-c5cccc6c7ccccc7n(-c7ccccc7)c56)c4)c4ccccc4-c4cccc5cccc(C6CCCCC6)c45)cc3)cc2)cc1. The zero-order valence-electron chi connectivity index (χ0n) is 37.0. The van der Waals surface area contributed by atoms with E-state index in [2.05, 4.69) is 246 Å². The molecule has 10 aromatic carbocycles. The molecule has 2 heteroatoms. The van der Waals surface area contributed by atoms with Crippen molar-refractivity contribution in [1.29, 1.82) is 0 Å². The highest BCUT2D eigenvalue weighted by Crippen LogP contribution is 2.47. The molecule has 0 bridgehead atoms. The van der Waals surface area contributed by atoms with Gasteiger partial charge in [-0.15, -0.1) is 0 Å². The van der Waals surface area contributed by atoms with Crippen LogP contribution in [-0.2, 0) is 0 Å². The van der Waals surface area contributed by atoms with Crippen molar-refractivity contribution in [1.82, 2.24) is 4.57 Å². The van der Waals surface area contributed by atoms with E-state index in [9.17, 15) is 0 Å². The van der Waals surface area contributed by atoms with Crippen LogP contribution in [0.15, 0.2) is 237 Å². The zero-order valence-corrected chi connectivity index (χ0v) is 37.0. The van der Waals surface area contributed by atoms with Gasteiger partial charge in [0.2, 0.25) is 0 Å². The Morgan fingerprint density at radius 1 is 0.379 bits per heavy atom. The molecule has 12 rings (SSSR count). The molecule has 0 aliphatic heterocycles. The number of hydrogen-bond donors (Lipinski definition) is 0. The first-order valence-corrected chi connectivity index (χ1v) is 23.6. The van der Waals surface area contributed by atoms with Gasteiger partial charge in [0.05, 0.1) is 16.7 Å². The van der Waals surface area contributed by atoms with E-state index < -0.39 is 0 Å². The van der Waals surface area contributed by atoms with Crippen LogP contribution in [0.3, 0.4) is 0 Å². The van der Waals surface area contributed by atoms with Crippen molar-refractivity contribution >= 4 is 49.6 Å². The number of anilines is 3. The van der Waals surface area contributed by atoms with E-state index >= 15 is 0 Å². The van der Waals surface area contributed by atoms with E-state index in [-0.39, 0.29) is 0 Å². The topological polar surface area (TPSA) is 8.17 Å². The number of para-hydroxylation sites is 4. The van der Waals surface area contributed by atoms with Crippen LogP contribution in [0.25, 0.3) is 82.8 Å². The Hall–Kier alpha value is -7.94. The second-order valence-corrected chi connectivity index (χ2v) is 17.9. The predicted octanol–water partition coefficient (Wildman–Crippen LogP) is 18.1. The minimum atomic E-state index is 0.576. The smallest absolute Gasteiger partial charge is 0.0619 e. The first-order chi connectivity index (χ1) is 32.8. The predicted molar refractivity (Wildman–Crippen MR) is 281 cm³/mol. The summed E-state index contributed by atoms with van der Waals surface area (Å²) in [6, 6.07) is 87.2. The van der Waals surface area contributed by atoms with Gasteiger partial charge in [-0.3, -0.25) is 0 Å². The summed E-state index contributed by atoms with van der Waals surface area (Å²) in [5.74, 6) is 0.576. The fourth-order valence-electron chi connectivity index (χ4n) is 10.9. The molecular formula is C64H50N2. The number of benzene rings is 10. The molecule has 0 N–H and O–H groups in total. The quantitative estimate of drug-likeness (QED) is 0.140. The molecule has 1 aromatic heterocycles. The molecule has 1 heterocycles. The Morgan fingerprint density at radius 3 is 1.71 bits per heavy atom. The van der Waals surface area contributed by atoms with Crippen LogP contribution in [0, 0.1) is 0 Å². The first kappa shape index (κ1) is 39.6. The summed E-state index contributed by atoms with van der Waals surface area (Å²) >= 11 is 0. The number of fused-ring (bicyclic) bond motifs is 4. The van der Waals surface area contributed by atoms with Gasteiger partial charge in [-0.1, -0.05) is 207 Å². The Kier molecular flexibility index (Phi) is 10.3. The first-order valence-electron chi connectivity index (χ1n) is 23.6. The summed E-state index contributed by atoms with van der Waals surface area (Å²) in [6.45, 7) is 0. The third kappa shape index (κ3) is 7.16. The van der Waals surface area contributed by atoms with Crippen LogP contribution in [0.5, 0.6) is 0 Å². The van der Waals surface area contributed by atoms with Crippen LogP contribution < -0.4 is 4.90 Å². The van der Waals surface area contributed by atoms with Gasteiger partial charge >= 0.3 is 0 Å². The molecule has 0 spiro atoms. The molecule has 0 radical (unpaired) electrons. The summed E-state index contributed by atoms with van der Waals surface area (Å²) < 4.78 is 2.44. The minimum absolute atomic E-state index is 0.576. The average Bonchev–Trinajstić information content (AvgIpc) is 3.74. The second-order valence-electron chi connectivity index (χ2n) is 17.9. The van der Waals surface area contributed by atoms with Gasteiger partial charge in [-0.05, 0) is 117 Å². The Morgan fingerprint density at radius 2 is 0.939 bits per heavy atom. The van der Waals surface area contributed by atoms with Crippen molar-refractivity contribution in [2.45, 2.75) is 38.0 Å². The Labute approximate surface area is 387 Å². The van der Waals surface area contributed by atoms with Crippen molar-refractivity contribution in [3.63, 3.8) is 0 Å². The number of nitrogens with zero attached hydrogens (tertiary/aromatic N) is 2. The third-order valence-corrected chi connectivity index (χ3v) is 14.0. The molecule has 1 saturated carbocycles. The Balaban J connectivity index is 1.04. The van der Waals surface area contributed by atoms with Crippen LogP contribution in [0.2, 0.25) is 0 Å². The lowest BCUT2D eigenvalue weighted by Gasteiger charge is -2.29. The van der Waals surface area contributed by atoms with Crippen molar-refractivity contribution in [3.8, 4) is 50.2 Å². The molecule has 11 aromatic rings. The molecule has 66 heavy (non-hydrogen) atoms. The van der Waals surface area contributed by atoms with Crippen LogP contribution in [-0.4, -0.2) is 4.57 Å². The molecule has 0 amide bonds. The summed E-state index contributed by atoms with van der Waals surface area (Å²) in [5, 5.41) is 5.20. The van der Waals surface area contributed by atoms with Crippen molar-refractivity contribution in [2.75, 3.05) is 4.90 Å². The normalized spacial score (nSPS) is 13.1. The van der Waals surface area contributed by atoms with Crippen LogP contribution >= 0.6 is 0 Å². The summed E-state index contributed by atoms with van der Waals surface area (Å²) in [4.78, 5) is 2.48. The third-order valence-electron chi connectivity index (χ3n) is 14.0. The van der Waals surface area contributed by atoms with Crippen molar-refractivity contribution in [2.24, 2.45) is 0 Å². The molecule has 1 aliphatic carbocycles. The second kappa shape index (κ2) is 17.2. The molecule has 1 fully saturated rings. The van der Waals surface area contributed by atoms with Gasteiger partial charge in [-0.2, -0.15) is 0 Å². The fourth-order valence-corrected chi connectivity index (χ4v) is 10.9. The molecule has 1 aliphatic rings.